The molecule has 0 heterocycles. The average Bonchev–Trinajstić information content (AvgIpc) is 2.64. The molecule has 0 saturated carbocycles. The summed E-state index contributed by atoms with van der Waals surface area (Å²) >= 11 is 0. The predicted molar refractivity (Wildman–Crippen MR) is 110 cm³/mol. The molecule has 0 saturated heterocycles. The molecule has 0 spiro atoms. The van der Waals surface area contributed by atoms with Crippen LogP contribution in [-0.4, -0.2) is 33.7 Å². The van der Waals surface area contributed by atoms with Crippen LogP contribution in [0.1, 0.15) is 71.3 Å². The molecule has 26 heavy (non-hydrogen) atoms. The van der Waals surface area contributed by atoms with Crippen molar-refractivity contribution in [1.82, 2.24) is 0 Å². The fourth-order valence-electron chi connectivity index (χ4n) is 2.68. The second-order valence-corrected chi connectivity index (χ2v) is 9.50. The fraction of sp³-hybridized carbons (Fsp3) is 0.714. The summed E-state index contributed by atoms with van der Waals surface area (Å²) in [6.45, 7) is 8.62. The summed E-state index contributed by atoms with van der Waals surface area (Å²) in [6, 6.07) is 8.35. The van der Waals surface area contributed by atoms with Crippen LogP contribution in [0.5, 0.6) is 5.75 Å². The molecule has 1 aromatic carbocycles. The van der Waals surface area contributed by atoms with E-state index in [4.69, 9.17) is 13.3 Å². The van der Waals surface area contributed by atoms with Gasteiger partial charge in [-0.05, 0) is 43.7 Å². The topological polar surface area (TPSA) is 47.9 Å². The molecule has 0 aromatic heterocycles. The molecule has 0 bridgehead atoms. The molecule has 1 rings (SSSR count). The predicted octanol–water partition coefficient (Wildman–Crippen LogP) is 5.71. The Kier molecular flexibility index (Phi) is 12.7. The molecule has 0 amide bonds. The number of aryl methyl sites for hydroxylation is 1. The van der Waals surface area contributed by atoms with E-state index in [-0.39, 0.29) is 0 Å². The van der Waals surface area contributed by atoms with Gasteiger partial charge in [0.1, 0.15) is 5.75 Å². The van der Waals surface area contributed by atoms with Crippen LogP contribution in [0, 0.1) is 0 Å². The van der Waals surface area contributed by atoms with Crippen LogP contribution < -0.4 is 0 Å². The molecule has 0 aliphatic carbocycles. The van der Waals surface area contributed by atoms with Crippen LogP contribution in [0.2, 0.25) is 6.04 Å². The van der Waals surface area contributed by atoms with Gasteiger partial charge in [0, 0.05) is 25.9 Å². The fourth-order valence-corrected chi connectivity index (χ4v) is 5.33. The van der Waals surface area contributed by atoms with Gasteiger partial charge in [-0.1, -0.05) is 58.2 Å². The number of hydrogen-bond donors (Lipinski definition) is 1. The minimum Gasteiger partial charge on any atom is -0.508 e. The highest BCUT2D eigenvalue weighted by Gasteiger charge is 2.40. The van der Waals surface area contributed by atoms with Crippen LogP contribution >= 0.6 is 0 Å². The van der Waals surface area contributed by atoms with Gasteiger partial charge in [-0.2, -0.15) is 0 Å². The van der Waals surface area contributed by atoms with Crippen molar-refractivity contribution in [1.29, 1.82) is 0 Å². The van der Waals surface area contributed by atoms with Crippen molar-refractivity contribution in [2.45, 2.75) is 78.2 Å². The Morgan fingerprint density at radius 1 is 0.769 bits per heavy atom. The van der Waals surface area contributed by atoms with Gasteiger partial charge in [0.15, 0.2) is 0 Å². The van der Waals surface area contributed by atoms with Gasteiger partial charge in [0.05, 0.1) is 0 Å². The zero-order valence-corrected chi connectivity index (χ0v) is 18.0. The van der Waals surface area contributed by atoms with Gasteiger partial charge in [-0.15, -0.1) is 0 Å². The summed E-state index contributed by atoms with van der Waals surface area (Å²) in [7, 11) is -2.66. The van der Waals surface area contributed by atoms with Gasteiger partial charge in [0.25, 0.3) is 0 Å². The maximum absolute atomic E-state index is 9.98. The molecule has 5 heteroatoms. The highest BCUT2D eigenvalue weighted by Crippen LogP contribution is 2.24. The number of unbranched alkanes of at least 4 members (excludes halogenated alkanes) is 3. The standard InChI is InChI=1S/C21H38O4Si/c1-4-7-16-23-26(24-17-8-5-2,25-18-9-6-3)19-12-14-20-13-10-11-15-21(20)22/h10-11,13,15,22H,4-9,12,14,16-19H2,1-3H3. The molecule has 1 N–H and O–H groups in total. The SMILES string of the molecule is CCCCO[Si](CCCc1ccccc1O)(OCCCC)OCCCC. The lowest BCUT2D eigenvalue weighted by Gasteiger charge is -2.30. The molecule has 0 atom stereocenters. The Balaban J connectivity index is 2.70. The molecule has 0 aliphatic heterocycles. The lowest BCUT2D eigenvalue weighted by Crippen LogP contribution is -2.46. The molecule has 0 aliphatic rings. The normalized spacial score (nSPS) is 11.8. The first-order chi connectivity index (χ1) is 12.7. The highest BCUT2D eigenvalue weighted by molar-refractivity contribution is 6.60. The molecule has 0 unspecified atom stereocenters. The summed E-state index contributed by atoms with van der Waals surface area (Å²) in [5, 5.41) is 9.98. The van der Waals surface area contributed by atoms with Crippen molar-refractivity contribution in [3.05, 3.63) is 29.8 Å². The molecular formula is C21H38O4Si. The van der Waals surface area contributed by atoms with Crippen LogP contribution in [0.25, 0.3) is 0 Å². The Labute approximate surface area is 161 Å². The Hall–Kier alpha value is -0.883. The number of hydrogen-bond acceptors (Lipinski definition) is 4. The number of phenols is 1. The summed E-state index contributed by atoms with van der Waals surface area (Å²) in [5.41, 5.74) is 0.978. The van der Waals surface area contributed by atoms with E-state index in [0.717, 1.165) is 63.0 Å². The summed E-state index contributed by atoms with van der Waals surface area (Å²) in [6.07, 6.45) is 8.11. The second-order valence-electron chi connectivity index (χ2n) is 6.77. The minimum atomic E-state index is -2.66. The molecular weight excluding hydrogens is 344 g/mol. The second kappa shape index (κ2) is 14.2. The quantitative estimate of drug-likeness (QED) is 0.294. The first-order valence-electron chi connectivity index (χ1n) is 10.4. The van der Waals surface area contributed by atoms with Gasteiger partial charge >= 0.3 is 8.80 Å². The number of rotatable bonds is 16. The number of aromatic hydroxyl groups is 1. The van der Waals surface area contributed by atoms with Crippen LogP contribution in [0.3, 0.4) is 0 Å². The maximum Gasteiger partial charge on any atom is 0.500 e. The first-order valence-corrected chi connectivity index (χ1v) is 12.3. The zero-order chi connectivity index (χ0) is 19.1. The van der Waals surface area contributed by atoms with E-state index in [2.05, 4.69) is 20.8 Å². The van der Waals surface area contributed by atoms with Crippen molar-refractivity contribution in [3.8, 4) is 5.75 Å². The lowest BCUT2D eigenvalue weighted by molar-refractivity contribution is 0.0558. The van der Waals surface area contributed by atoms with E-state index < -0.39 is 8.80 Å². The van der Waals surface area contributed by atoms with Crippen molar-refractivity contribution in [2.24, 2.45) is 0 Å². The van der Waals surface area contributed by atoms with Gasteiger partial charge in [-0.25, -0.2) is 0 Å². The average molecular weight is 383 g/mol. The molecule has 1 aromatic rings. The van der Waals surface area contributed by atoms with Gasteiger partial charge in [-0.3, -0.25) is 0 Å². The number of para-hydroxylation sites is 1. The van der Waals surface area contributed by atoms with Crippen LogP contribution in [-0.2, 0) is 19.7 Å². The smallest absolute Gasteiger partial charge is 0.500 e. The maximum atomic E-state index is 9.98. The highest BCUT2D eigenvalue weighted by atomic mass is 28.4. The Morgan fingerprint density at radius 2 is 1.27 bits per heavy atom. The number of phenolic OH excluding ortho intramolecular Hbond substituents is 1. The monoisotopic (exact) mass is 382 g/mol. The van der Waals surface area contributed by atoms with E-state index in [1.165, 1.54) is 0 Å². The molecule has 4 nitrogen and oxygen atoms in total. The molecule has 150 valence electrons. The molecule has 0 fully saturated rings. The third-order valence-corrected chi connectivity index (χ3v) is 7.28. The van der Waals surface area contributed by atoms with Crippen molar-refractivity contribution in [3.63, 3.8) is 0 Å². The Bertz CT molecular complexity index is 441. The van der Waals surface area contributed by atoms with Crippen molar-refractivity contribution >= 4 is 8.80 Å². The zero-order valence-electron chi connectivity index (χ0n) is 17.0. The Morgan fingerprint density at radius 3 is 1.73 bits per heavy atom. The van der Waals surface area contributed by atoms with E-state index in [1.807, 2.05) is 18.2 Å². The third-order valence-electron chi connectivity index (χ3n) is 4.38. The van der Waals surface area contributed by atoms with Crippen molar-refractivity contribution < 1.29 is 18.4 Å². The number of benzene rings is 1. The first kappa shape index (κ1) is 23.2. The lowest BCUT2D eigenvalue weighted by atomic mass is 10.1. The van der Waals surface area contributed by atoms with Gasteiger partial charge in [0.2, 0.25) is 0 Å². The van der Waals surface area contributed by atoms with Crippen LogP contribution in [0.15, 0.2) is 24.3 Å². The van der Waals surface area contributed by atoms with Crippen molar-refractivity contribution in [2.75, 3.05) is 19.8 Å². The van der Waals surface area contributed by atoms with E-state index in [0.29, 0.717) is 25.6 Å². The summed E-state index contributed by atoms with van der Waals surface area (Å²) in [4.78, 5) is 0. The van der Waals surface area contributed by atoms with Crippen LogP contribution in [0.4, 0.5) is 0 Å². The van der Waals surface area contributed by atoms with E-state index in [9.17, 15) is 5.11 Å². The summed E-state index contributed by atoms with van der Waals surface area (Å²) in [5.74, 6) is 0.366. The van der Waals surface area contributed by atoms with E-state index in [1.54, 1.807) is 6.07 Å². The molecule has 0 radical (unpaired) electrons. The summed E-state index contributed by atoms with van der Waals surface area (Å²) < 4.78 is 18.8. The van der Waals surface area contributed by atoms with E-state index >= 15 is 0 Å². The largest absolute Gasteiger partial charge is 0.508 e. The minimum absolute atomic E-state index is 0.366. The van der Waals surface area contributed by atoms with Gasteiger partial charge < -0.3 is 18.4 Å². The third kappa shape index (κ3) is 9.17.